The molecule has 0 saturated heterocycles. The van der Waals surface area contributed by atoms with E-state index in [-0.39, 0.29) is 5.56 Å². The minimum absolute atomic E-state index is 0.284. The van der Waals surface area contributed by atoms with Gasteiger partial charge in [-0.15, -0.1) is 0 Å². The van der Waals surface area contributed by atoms with E-state index in [9.17, 15) is 19.5 Å². The van der Waals surface area contributed by atoms with E-state index >= 15 is 0 Å². The molecule has 10 nitrogen and oxygen atoms in total. The Morgan fingerprint density at radius 1 is 1.31 bits per heavy atom. The van der Waals surface area contributed by atoms with Crippen LogP contribution in [0, 0.1) is 0 Å². The van der Waals surface area contributed by atoms with Crippen LogP contribution in [0.2, 0.25) is 5.02 Å². The van der Waals surface area contributed by atoms with Crippen molar-refractivity contribution in [1.29, 1.82) is 0 Å². The van der Waals surface area contributed by atoms with Gasteiger partial charge in [0, 0.05) is 17.6 Å². The van der Waals surface area contributed by atoms with Gasteiger partial charge in [0.25, 0.3) is 11.5 Å². The van der Waals surface area contributed by atoms with Crippen LogP contribution in [-0.4, -0.2) is 49.1 Å². The summed E-state index contributed by atoms with van der Waals surface area (Å²) in [4.78, 5) is 36.9. The number of hydrogen-bond acceptors (Lipinski definition) is 6. The summed E-state index contributed by atoms with van der Waals surface area (Å²) in [5.74, 6) is -1.80. The zero-order valence-corrected chi connectivity index (χ0v) is 16.0. The zero-order chi connectivity index (χ0) is 21.1. The fraction of sp³-hybridized carbons (Fsp3) is 0.167. The highest BCUT2D eigenvalue weighted by Gasteiger charge is 2.22. The molecule has 2 heterocycles. The quantitative estimate of drug-likeness (QED) is 0.510. The van der Waals surface area contributed by atoms with Crippen LogP contribution >= 0.6 is 11.6 Å². The number of rotatable bonds is 6. The molecular weight excluding hydrogens is 400 g/mol. The Kier molecular flexibility index (Phi) is 5.76. The predicted octanol–water partition coefficient (Wildman–Crippen LogP) is -0.138. The second kappa shape index (κ2) is 8.25. The molecule has 0 aliphatic rings. The number of carbonyl (C=O) groups is 2. The van der Waals surface area contributed by atoms with Crippen LogP contribution in [0.3, 0.4) is 0 Å². The van der Waals surface area contributed by atoms with Crippen LogP contribution in [-0.2, 0) is 11.8 Å². The Bertz CT molecular complexity index is 1120. The first kappa shape index (κ1) is 20.2. The van der Waals surface area contributed by atoms with Crippen LogP contribution in [0.5, 0.6) is 0 Å². The lowest BCUT2D eigenvalue weighted by molar-refractivity contribution is -0.120. The number of benzene rings is 1. The summed E-state index contributed by atoms with van der Waals surface area (Å²) in [6.45, 7) is -0.701. The van der Waals surface area contributed by atoms with Gasteiger partial charge in [-0.1, -0.05) is 23.7 Å². The summed E-state index contributed by atoms with van der Waals surface area (Å²) < 4.78 is 2.51. The smallest absolute Gasteiger partial charge is 0.284 e. The topological polar surface area (TPSA) is 145 Å². The SMILES string of the molecule is Cn1cc(-n2nc(-c3ccc(Cl)cc3)cc(C(=O)N[C@H](CO)C(N)=O)c2=O)cn1. The standard InChI is InChI=1S/C18H17ClN6O4/c1-24-8-12(7-21-24)25-18(29)13(17(28)22-15(9-26)16(20)27)6-14(23-25)10-2-4-11(19)5-3-10/h2-8,15,26H,9H2,1H3,(H2,20,27)(H,22,28)/t15-/m1/s1. The molecule has 1 atom stereocenters. The maximum Gasteiger partial charge on any atom is 0.284 e. The number of nitrogens with two attached hydrogens (primary N) is 1. The van der Waals surface area contributed by atoms with Gasteiger partial charge in [0.1, 0.15) is 17.3 Å². The maximum absolute atomic E-state index is 12.9. The lowest BCUT2D eigenvalue weighted by Crippen LogP contribution is -2.48. The van der Waals surface area contributed by atoms with Crippen molar-refractivity contribution in [2.45, 2.75) is 6.04 Å². The van der Waals surface area contributed by atoms with Crippen molar-refractivity contribution < 1.29 is 14.7 Å². The first-order valence-electron chi connectivity index (χ1n) is 8.40. The highest BCUT2D eigenvalue weighted by atomic mass is 35.5. The third-order valence-electron chi connectivity index (χ3n) is 4.06. The van der Waals surface area contributed by atoms with Crippen molar-refractivity contribution in [3.63, 3.8) is 0 Å². The van der Waals surface area contributed by atoms with Crippen molar-refractivity contribution >= 4 is 23.4 Å². The summed E-state index contributed by atoms with van der Waals surface area (Å²) in [6.07, 6.45) is 2.98. The number of aryl methyl sites for hydroxylation is 1. The Morgan fingerprint density at radius 3 is 2.55 bits per heavy atom. The number of halogens is 1. The number of aromatic nitrogens is 4. The third kappa shape index (κ3) is 4.33. The number of hydrogen-bond donors (Lipinski definition) is 3. The average molecular weight is 417 g/mol. The lowest BCUT2D eigenvalue weighted by Gasteiger charge is -2.14. The second-order valence-electron chi connectivity index (χ2n) is 6.15. The van der Waals surface area contributed by atoms with Gasteiger partial charge >= 0.3 is 0 Å². The fourth-order valence-electron chi connectivity index (χ4n) is 2.55. The molecule has 2 amide bonds. The number of aliphatic hydroxyl groups is 1. The molecule has 0 unspecified atom stereocenters. The van der Waals surface area contributed by atoms with E-state index in [2.05, 4.69) is 15.5 Å². The average Bonchev–Trinajstić information content (AvgIpc) is 3.12. The maximum atomic E-state index is 12.9. The lowest BCUT2D eigenvalue weighted by atomic mass is 10.1. The van der Waals surface area contributed by atoms with E-state index in [1.165, 1.54) is 16.9 Å². The van der Waals surface area contributed by atoms with Gasteiger partial charge < -0.3 is 16.2 Å². The zero-order valence-electron chi connectivity index (χ0n) is 15.2. The molecule has 3 rings (SSSR count). The summed E-state index contributed by atoms with van der Waals surface area (Å²) in [7, 11) is 1.67. The van der Waals surface area contributed by atoms with Crippen molar-refractivity contribution in [2.24, 2.45) is 12.8 Å². The number of nitrogens with one attached hydrogen (secondary N) is 1. The minimum Gasteiger partial charge on any atom is -0.394 e. The van der Waals surface area contributed by atoms with Crippen LogP contribution in [0.1, 0.15) is 10.4 Å². The van der Waals surface area contributed by atoms with Crippen LogP contribution in [0.4, 0.5) is 0 Å². The first-order chi connectivity index (χ1) is 13.8. The molecule has 0 saturated carbocycles. The van der Waals surface area contributed by atoms with Crippen molar-refractivity contribution in [1.82, 2.24) is 24.9 Å². The van der Waals surface area contributed by atoms with Crippen molar-refractivity contribution in [2.75, 3.05) is 6.61 Å². The Morgan fingerprint density at radius 2 is 2.00 bits per heavy atom. The van der Waals surface area contributed by atoms with Crippen molar-refractivity contribution in [3.05, 3.63) is 63.7 Å². The normalized spacial score (nSPS) is 11.8. The van der Waals surface area contributed by atoms with E-state index in [0.29, 0.717) is 22.0 Å². The van der Waals surface area contributed by atoms with Crippen LogP contribution in [0.15, 0.2) is 47.5 Å². The monoisotopic (exact) mass is 416 g/mol. The molecule has 11 heteroatoms. The Labute approximate surface area is 169 Å². The molecule has 4 N–H and O–H groups in total. The molecule has 0 radical (unpaired) electrons. The van der Waals surface area contributed by atoms with Crippen LogP contribution < -0.4 is 16.6 Å². The van der Waals surface area contributed by atoms with Gasteiger partial charge in [-0.3, -0.25) is 19.1 Å². The Balaban J connectivity index is 2.15. The minimum atomic E-state index is -1.33. The summed E-state index contributed by atoms with van der Waals surface area (Å²) in [6, 6.07) is 6.62. The fourth-order valence-corrected chi connectivity index (χ4v) is 2.68. The summed E-state index contributed by atoms with van der Waals surface area (Å²) in [5, 5.41) is 20.3. The third-order valence-corrected chi connectivity index (χ3v) is 4.32. The van der Waals surface area contributed by atoms with E-state index < -0.39 is 30.0 Å². The van der Waals surface area contributed by atoms with E-state index in [1.807, 2.05) is 0 Å². The van der Waals surface area contributed by atoms with E-state index in [0.717, 1.165) is 4.68 Å². The van der Waals surface area contributed by atoms with Gasteiger partial charge in [0.2, 0.25) is 5.91 Å². The van der Waals surface area contributed by atoms with Gasteiger partial charge in [-0.2, -0.15) is 14.9 Å². The van der Waals surface area contributed by atoms with Gasteiger partial charge in [0.05, 0.1) is 24.7 Å². The highest BCUT2D eigenvalue weighted by molar-refractivity contribution is 6.30. The number of carbonyl (C=O) groups excluding carboxylic acids is 2. The molecule has 150 valence electrons. The number of amides is 2. The first-order valence-corrected chi connectivity index (χ1v) is 8.78. The molecule has 0 fully saturated rings. The van der Waals surface area contributed by atoms with Gasteiger partial charge in [-0.05, 0) is 18.2 Å². The molecular formula is C18H17ClN6O4. The molecule has 29 heavy (non-hydrogen) atoms. The van der Waals surface area contributed by atoms with E-state index in [4.69, 9.17) is 17.3 Å². The van der Waals surface area contributed by atoms with Crippen LogP contribution in [0.25, 0.3) is 16.9 Å². The molecule has 1 aromatic carbocycles. The number of nitrogens with zero attached hydrogens (tertiary/aromatic N) is 4. The number of aliphatic hydroxyl groups excluding tert-OH is 1. The number of primary amides is 1. The molecule has 0 bridgehead atoms. The van der Waals surface area contributed by atoms with Gasteiger partial charge in [0.15, 0.2) is 0 Å². The summed E-state index contributed by atoms with van der Waals surface area (Å²) in [5.41, 5.74) is 5.39. The van der Waals surface area contributed by atoms with E-state index in [1.54, 1.807) is 37.5 Å². The second-order valence-corrected chi connectivity index (χ2v) is 6.59. The molecule has 0 spiro atoms. The predicted molar refractivity (Wildman–Crippen MR) is 105 cm³/mol. The Hall–Kier alpha value is -3.50. The largest absolute Gasteiger partial charge is 0.394 e. The molecule has 3 aromatic rings. The molecule has 0 aliphatic carbocycles. The molecule has 0 aliphatic heterocycles. The molecule has 2 aromatic heterocycles. The highest BCUT2D eigenvalue weighted by Crippen LogP contribution is 2.20. The van der Waals surface area contributed by atoms with Gasteiger partial charge in [-0.25, -0.2) is 0 Å². The van der Waals surface area contributed by atoms with Crippen molar-refractivity contribution in [3.8, 4) is 16.9 Å². The summed E-state index contributed by atoms with van der Waals surface area (Å²) >= 11 is 5.92.